The topological polar surface area (TPSA) is 127 Å². The number of nitrogens with zero attached hydrogens (tertiary/aromatic N) is 4. The minimum absolute atomic E-state index is 0. The predicted octanol–water partition coefficient (Wildman–Crippen LogP) is -6.43. The van der Waals surface area contributed by atoms with Crippen LogP contribution in [0.25, 0.3) is 0 Å². The van der Waals surface area contributed by atoms with E-state index in [-0.39, 0.29) is 125 Å². The van der Waals surface area contributed by atoms with E-state index in [2.05, 4.69) is 0 Å². The average molecular weight is 259 g/mol. The fourth-order valence-corrected chi connectivity index (χ4v) is 0. The second kappa shape index (κ2) is 609. The summed E-state index contributed by atoms with van der Waals surface area (Å²) in [5.41, 5.74) is 0. The smallest absolute Gasteiger partial charge is 0.412 e. The Labute approximate surface area is 168 Å². The minimum atomic E-state index is 0. The summed E-state index contributed by atoms with van der Waals surface area (Å²) in [7, 11) is 0. The molecule has 5 nitrogen and oxygen atoms in total. The summed E-state index contributed by atoms with van der Waals surface area (Å²) >= 11 is 0. The Hall–Kier alpha value is 1.69. The standard InChI is InChI=1S/4CN.2K.Ni.H2O/c4*1-2;;;;/h;;;;;;;1H2/q;;;;2*+1;;. The van der Waals surface area contributed by atoms with Crippen LogP contribution in [-0.2, 0) is 16.5 Å². The summed E-state index contributed by atoms with van der Waals surface area (Å²) in [5.74, 6) is 0. The van der Waals surface area contributed by atoms with Crippen molar-refractivity contribution >= 4 is 0 Å². The molecule has 0 amide bonds. The summed E-state index contributed by atoms with van der Waals surface area (Å²) in [6.07, 6.45) is 0. The van der Waals surface area contributed by atoms with Crippen LogP contribution in [0.15, 0.2) is 0 Å². The summed E-state index contributed by atoms with van der Waals surface area (Å²) < 4.78 is 0. The van der Waals surface area contributed by atoms with E-state index in [4.69, 9.17) is 47.3 Å². The van der Waals surface area contributed by atoms with E-state index < -0.39 is 0 Å². The zero-order chi connectivity index (χ0) is 8.00. The van der Waals surface area contributed by atoms with Gasteiger partial charge in [-0.2, -0.15) is 21.0 Å². The van der Waals surface area contributed by atoms with Gasteiger partial charge in [0, 0.05) is 16.5 Å². The Morgan fingerprint density at radius 3 is 0.500 bits per heavy atom. The van der Waals surface area contributed by atoms with Crippen molar-refractivity contribution in [3.8, 4) is 0 Å². The van der Waals surface area contributed by atoms with Gasteiger partial charge in [0.2, 0.25) is 0 Å². The molecular formula is C4H2K2N4NiO+2. The molecule has 12 heavy (non-hydrogen) atoms. The Morgan fingerprint density at radius 2 is 0.500 bits per heavy atom. The van der Waals surface area contributed by atoms with E-state index in [1.165, 1.54) is 0 Å². The van der Waals surface area contributed by atoms with E-state index in [9.17, 15) is 0 Å². The summed E-state index contributed by atoms with van der Waals surface area (Å²) in [6, 6.07) is 0. The van der Waals surface area contributed by atoms with Crippen molar-refractivity contribution in [2.24, 2.45) is 0 Å². The summed E-state index contributed by atoms with van der Waals surface area (Å²) in [5, 5.41) is 25.0. The average Bonchev–Trinajstić information content (AvgIpc) is 2.03. The summed E-state index contributed by atoms with van der Waals surface area (Å²) in [6.45, 7) is 19.0. The van der Waals surface area contributed by atoms with Gasteiger partial charge in [0.05, 0.1) is 0 Å². The molecule has 0 aliphatic carbocycles. The van der Waals surface area contributed by atoms with Gasteiger partial charge >= 0.3 is 103 Å². The third-order valence-electron chi connectivity index (χ3n) is 0. The normalized spacial score (nSPS) is 0.667. The minimum Gasteiger partial charge on any atom is -0.412 e. The van der Waals surface area contributed by atoms with Gasteiger partial charge in [-0.25, -0.2) is 0 Å². The molecule has 0 rings (SSSR count). The first-order valence-electron chi connectivity index (χ1n) is 0.894. The first kappa shape index (κ1) is 68.1. The maximum Gasteiger partial charge on any atom is 1.00 e. The molecule has 0 aromatic rings. The molecule has 4 radical (unpaired) electrons. The zero-order valence-corrected chi connectivity index (χ0v) is 13.8. The van der Waals surface area contributed by atoms with Crippen LogP contribution < -0.4 is 103 Å². The van der Waals surface area contributed by atoms with Crippen molar-refractivity contribution in [1.82, 2.24) is 0 Å². The molecular weight excluding hydrogens is 257 g/mol. The fraction of sp³-hybridized carbons (Fsp3) is 0. The van der Waals surface area contributed by atoms with Crippen molar-refractivity contribution in [2.45, 2.75) is 0 Å². The Balaban J connectivity index is -0.00000000267. The molecule has 8 heteroatoms. The molecule has 0 spiro atoms. The number of hydrogen-bond acceptors (Lipinski definition) is 4. The van der Waals surface area contributed by atoms with Gasteiger partial charge in [0.25, 0.3) is 0 Å². The van der Waals surface area contributed by atoms with Crippen molar-refractivity contribution in [2.75, 3.05) is 0 Å². The van der Waals surface area contributed by atoms with Crippen LogP contribution in [0.3, 0.4) is 0 Å². The van der Waals surface area contributed by atoms with Crippen LogP contribution in [-0.4, -0.2) is 5.48 Å². The molecule has 0 aromatic carbocycles. The SMILES string of the molecule is O.[C]#N.[C]#N.[C]#N.[C]#N.[K+].[K+].[Ni]. The second-order valence-electron chi connectivity index (χ2n) is 0. The van der Waals surface area contributed by atoms with Crippen LogP contribution in [0.2, 0.25) is 0 Å². The fourth-order valence-electron chi connectivity index (χ4n) is 0. The quantitative estimate of drug-likeness (QED) is 0.401. The maximum absolute atomic E-state index is 6.25. The van der Waals surface area contributed by atoms with Crippen LogP contribution >= 0.6 is 0 Å². The van der Waals surface area contributed by atoms with Gasteiger partial charge in [-0.05, 0) is 0 Å². The molecule has 0 bridgehead atoms. The molecule has 0 saturated heterocycles. The monoisotopic (exact) mass is 258 g/mol. The van der Waals surface area contributed by atoms with E-state index in [1.807, 2.05) is 0 Å². The molecule has 0 fully saturated rings. The van der Waals surface area contributed by atoms with Crippen LogP contribution in [0.4, 0.5) is 0 Å². The van der Waals surface area contributed by atoms with E-state index in [1.54, 1.807) is 0 Å². The molecule has 54 valence electrons. The number of hydrogen-bond donors (Lipinski definition) is 0. The molecule has 0 aromatic heterocycles. The van der Waals surface area contributed by atoms with Crippen molar-refractivity contribution in [1.29, 1.82) is 21.0 Å². The largest absolute Gasteiger partial charge is 1.00 e. The molecule has 0 atom stereocenters. The van der Waals surface area contributed by atoms with Crippen LogP contribution in [0.5, 0.6) is 0 Å². The molecule has 0 aliphatic heterocycles. The van der Waals surface area contributed by atoms with E-state index >= 15 is 0 Å². The third-order valence-corrected chi connectivity index (χ3v) is 0. The van der Waals surface area contributed by atoms with Crippen molar-refractivity contribution in [3.63, 3.8) is 0 Å². The first-order valence-corrected chi connectivity index (χ1v) is 0.894. The molecule has 0 aliphatic rings. The number of rotatable bonds is 0. The zero-order valence-electron chi connectivity index (χ0n) is 6.61. The van der Waals surface area contributed by atoms with Gasteiger partial charge in [-0.15, -0.1) is 0 Å². The van der Waals surface area contributed by atoms with E-state index in [0.29, 0.717) is 0 Å². The van der Waals surface area contributed by atoms with Crippen LogP contribution in [0.1, 0.15) is 0 Å². The maximum atomic E-state index is 6.25. The molecule has 0 saturated carbocycles. The van der Waals surface area contributed by atoms with Crippen molar-refractivity contribution < 1.29 is 125 Å². The van der Waals surface area contributed by atoms with Gasteiger partial charge in [0.15, 0.2) is 26.3 Å². The van der Waals surface area contributed by atoms with Crippen molar-refractivity contribution in [3.05, 3.63) is 26.3 Å². The molecule has 0 heterocycles. The van der Waals surface area contributed by atoms with Gasteiger partial charge < -0.3 is 5.48 Å². The molecule has 0 unspecified atom stereocenters. The third kappa shape index (κ3) is 469. The van der Waals surface area contributed by atoms with Crippen LogP contribution in [0, 0.1) is 47.3 Å². The molecule has 2 N–H and O–H groups in total. The summed E-state index contributed by atoms with van der Waals surface area (Å²) in [4.78, 5) is 0. The van der Waals surface area contributed by atoms with Gasteiger partial charge in [0.1, 0.15) is 0 Å². The first-order chi connectivity index (χ1) is 4.00. The Kier molecular flexibility index (Phi) is 3460. The Bertz CT molecular complexity index is 68.0. The predicted molar refractivity (Wildman–Crippen MR) is 23.5 cm³/mol. The van der Waals surface area contributed by atoms with Gasteiger partial charge in [-0.3, -0.25) is 0 Å². The van der Waals surface area contributed by atoms with Gasteiger partial charge in [-0.1, -0.05) is 0 Å². The van der Waals surface area contributed by atoms with E-state index in [0.717, 1.165) is 0 Å². The second-order valence-corrected chi connectivity index (χ2v) is 0. The Morgan fingerprint density at radius 1 is 0.500 bits per heavy atom.